The van der Waals surface area contributed by atoms with Gasteiger partial charge in [0.15, 0.2) is 0 Å². The molecule has 6 heteroatoms. The molecule has 0 spiro atoms. The van der Waals surface area contributed by atoms with Gasteiger partial charge in [-0.15, -0.1) is 0 Å². The molecule has 3 aromatic carbocycles. The van der Waals surface area contributed by atoms with E-state index in [4.69, 9.17) is 11.6 Å². The molecule has 0 radical (unpaired) electrons. The van der Waals surface area contributed by atoms with Gasteiger partial charge < -0.3 is 9.88 Å². The third kappa shape index (κ3) is 4.13. The van der Waals surface area contributed by atoms with Crippen LogP contribution in [0.3, 0.4) is 0 Å². The summed E-state index contributed by atoms with van der Waals surface area (Å²) in [6.07, 6.45) is 4.96. The molecular weight excluding hydrogens is 485 g/mol. The zero-order valence-corrected chi connectivity index (χ0v) is 21.6. The Bertz CT molecular complexity index is 1660. The van der Waals surface area contributed by atoms with Gasteiger partial charge in [0.2, 0.25) is 0 Å². The van der Waals surface area contributed by atoms with Crippen LogP contribution in [0.4, 0.5) is 10.1 Å². The normalized spacial score (nSPS) is 13.1. The number of anilines is 1. The summed E-state index contributed by atoms with van der Waals surface area (Å²) in [5, 5.41) is 3.64. The Labute approximate surface area is 220 Å². The van der Waals surface area contributed by atoms with Gasteiger partial charge in [-0.25, -0.2) is 4.39 Å². The van der Waals surface area contributed by atoms with E-state index in [0.717, 1.165) is 53.8 Å². The number of carbonyl (C=O) groups is 1. The predicted molar refractivity (Wildman–Crippen MR) is 148 cm³/mol. The highest BCUT2D eigenvalue weighted by Gasteiger charge is 2.29. The lowest BCUT2D eigenvalue weighted by atomic mass is 9.95. The SMILES string of the molecule is Cc1ccc(-c2c3c4n(c(-c5ccc(F)cc5)cn4c2C(=O)Nc2cccc(Cl)c2)CCCC3)cc1C. The lowest BCUT2D eigenvalue weighted by molar-refractivity contribution is 0.102. The summed E-state index contributed by atoms with van der Waals surface area (Å²) in [4.78, 5) is 14.0. The van der Waals surface area contributed by atoms with E-state index in [9.17, 15) is 9.18 Å². The number of aryl methyl sites for hydroxylation is 4. The van der Waals surface area contributed by atoms with Crippen LogP contribution < -0.4 is 5.32 Å². The third-order valence-electron chi connectivity index (χ3n) is 7.37. The number of benzene rings is 3. The minimum atomic E-state index is -0.267. The summed E-state index contributed by atoms with van der Waals surface area (Å²) in [7, 11) is 0. The van der Waals surface area contributed by atoms with Crippen LogP contribution in [-0.2, 0) is 13.0 Å². The van der Waals surface area contributed by atoms with Crippen LogP contribution in [0.2, 0.25) is 5.02 Å². The topological polar surface area (TPSA) is 38.4 Å². The van der Waals surface area contributed by atoms with Gasteiger partial charge in [-0.3, -0.25) is 9.20 Å². The number of nitrogens with one attached hydrogen (secondary N) is 1. The summed E-state index contributed by atoms with van der Waals surface area (Å²) in [5.41, 5.74) is 9.74. The lowest BCUT2D eigenvalue weighted by Gasteiger charge is -2.12. The number of amides is 1. The molecular formula is C31H27ClFN3O. The van der Waals surface area contributed by atoms with Gasteiger partial charge in [0.25, 0.3) is 5.91 Å². The molecule has 0 unspecified atom stereocenters. The second-order valence-corrected chi connectivity index (χ2v) is 10.2. The smallest absolute Gasteiger partial charge is 0.273 e. The Hall–Kier alpha value is -3.83. The van der Waals surface area contributed by atoms with Gasteiger partial charge in [-0.05, 0) is 97.8 Å². The van der Waals surface area contributed by atoms with Crippen molar-refractivity contribution in [2.75, 3.05) is 5.32 Å². The molecule has 3 heterocycles. The fourth-order valence-electron chi connectivity index (χ4n) is 5.42. The first-order chi connectivity index (χ1) is 17.9. The van der Waals surface area contributed by atoms with Crippen molar-refractivity contribution in [1.29, 1.82) is 0 Å². The molecule has 0 bridgehead atoms. The predicted octanol–water partition coefficient (Wildman–Crippen LogP) is 8.07. The molecule has 1 amide bonds. The molecule has 0 atom stereocenters. The molecule has 0 saturated carbocycles. The first-order valence-corrected chi connectivity index (χ1v) is 13.0. The van der Waals surface area contributed by atoms with Crippen molar-refractivity contribution in [3.8, 4) is 22.4 Å². The largest absolute Gasteiger partial charge is 0.325 e. The van der Waals surface area contributed by atoms with Gasteiger partial charge >= 0.3 is 0 Å². The zero-order valence-electron chi connectivity index (χ0n) is 20.8. The maximum absolute atomic E-state index is 14.0. The summed E-state index contributed by atoms with van der Waals surface area (Å²) in [5.74, 6) is -0.461. The minimum Gasteiger partial charge on any atom is -0.325 e. The molecule has 6 rings (SSSR count). The van der Waals surface area contributed by atoms with E-state index in [1.54, 1.807) is 24.3 Å². The Balaban J connectivity index is 1.62. The molecule has 2 aromatic heterocycles. The zero-order chi connectivity index (χ0) is 25.7. The molecule has 5 aromatic rings. The number of halogens is 2. The molecule has 0 fully saturated rings. The van der Waals surface area contributed by atoms with E-state index in [-0.39, 0.29) is 11.7 Å². The van der Waals surface area contributed by atoms with Crippen LogP contribution in [-0.4, -0.2) is 14.9 Å². The first kappa shape index (κ1) is 23.6. The molecule has 0 aliphatic carbocycles. The van der Waals surface area contributed by atoms with Crippen molar-refractivity contribution in [2.45, 2.75) is 39.7 Å². The average Bonchev–Trinajstić information content (AvgIpc) is 3.29. The van der Waals surface area contributed by atoms with E-state index in [2.05, 4.69) is 41.9 Å². The van der Waals surface area contributed by atoms with Crippen molar-refractivity contribution < 1.29 is 9.18 Å². The highest BCUT2D eigenvalue weighted by Crippen LogP contribution is 2.40. The molecule has 1 N–H and O–H groups in total. The summed E-state index contributed by atoms with van der Waals surface area (Å²) >= 11 is 6.20. The van der Waals surface area contributed by atoms with Crippen molar-refractivity contribution >= 4 is 28.8 Å². The maximum Gasteiger partial charge on any atom is 0.273 e. The number of hydrogen-bond donors (Lipinski definition) is 1. The van der Waals surface area contributed by atoms with Crippen molar-refractivity contribution in [3.63, 3.8) is 0 Å². The minimum absolute atomic E-state index is 0.194. The second-order valence-electron chi connectivity index (χ2n) is 9.79. The van der Waals surface area contributed by atoms with E-state index in [0.29, 0.717) is 16.4 Å². The van der Waals surface area contributed by atoms with E-state index < -0.39 is 0 Å². The number of nitrogens with zero attached hydrogens (tertiary/aromatic N) is 2. The van der Waals surface area contributed by atoms with E-state index >= 15 is 0 Å². The van der Waals surface area contributed by atoms with Gasteiger partial charge in [0.05, 0.1) is 5.69 Å². The van der Waals surface area contributed by atoms with Crippen LogP contribution in [0.5, 0.6) is 0 Å². The van der Waals surface area contributed by atoms with Crippen molar-refractivity contribution in [1.82, 2.24) is 8.97 Å². The van der Waals surface area contributed by atoms with Crippen LogP contribution in [0.15, 0.2) is 72.9 Å². The standard InChI is InChI=1S/C31H27ClFN3O/c1-19-9-10-22(16-20(19)2)28-26-8-3-4-15-35-27(21-11-13-24(33)14-12-21)18-36(31(26)35)29(28)30(37)34-25-7-5-6-23(32)17-25/h5-7,9-14,16-18H,3-4,8,15H2,1-2H3,(H,34,37). The van der Waals surface area contributed by atoms with E-state index in [1.807, 2.05) is 22.7 Å². The number of carbonyl (C=O) groups excluding carboxylic acids is 1. The van der Waals surface area contributed by atoms with Crippen LogP contribution >= 0.6 is 11.6 Å². The Kier molecular flexibility index (Phi) is 5.88. The highest BCUT2D eigenvalue weighted by molar-refractivity contribution is 6.31. The lowest BCUT2D eigenvalue weighted by Crippen LogP contribution is -2.15. The number of rotatable bonds is 4. The third-order valence-corrected chi connectivity index (χ3v) is 7.60. The molecule has 1 aliphatic rings. The van der Waals surface area contributed by atoms with Gasteiger partial charge in [0, 0.05) is 34.6 Å². The molecule has 0 saturated heterocycles. The van der Waals surface area contributed by atoms with Crippen LogP contribution in [0, 0.1) is 19.7 Å². The maximum atomic E-state index is 14.0. The summed E-state index contributed by atoms with van der Waals surface area (Å²) < 4.78 is 18.0. The molecule has 4 nitrogen and oxygen atoms in total. The van der Waals surface area contributed by atoms with Gasteiger partial charge in [-0.1, -0.05) is 35.9 Å². The number of aromatic nitrogens is 2. The highest BCUT2D eigenvalue weighted by atomic mass is 35.5. The quantitative estimate of drug-likeness (QED) is 0.260. The monoisotopic (exact) mass is 511 g/mol. The van der Waals surface area contributed by atoms with E-state index in [1.165, 1.54) is 28.8 Å². The fourth-order valence-corrected chi connectivity index (χ4v) is 5.61. The van der Waals surface area contributed by atoms with Crippen molar-refractivity contribution in [2.24, 2.45) is 0 Å². The number of hydrogen-bond acceptors (Lipinski definition) is 1. The van der Waals surface area contributed by atoms with Gasteiger partial charge in [-0.2, -0.15) is 0 Å². The Morgan fingerprint density at radius 3 is 2.49 bits per heavy atom. The summed E-state index contributed by atoms with van der Waals surface area (Å²) in [6.45, 7) is 5.03. The fraction of sp³-hybridized carbons (Fsp3) is 0.194. The molecule has 37 heavy (non-hydrogen) atoms. The summed E-state index contributed by atoms with van der Waals surface area (Å²) in [6, 6.07) is 20.2. The molecule has 186 valence electrons. The molecule has 1 aliphatic heterocycles. The van der Waals surface area contributed by atoms with Gasteiger partial charge in [0.1, 0.15) is 17.2 Å². The second kappa shape index (κ2) is 9.24. The average molecular weight is 512 g/mol. The van der Waals surface area contributed by atoms with Crippen molar-refractivity contribution in [3.05, 3.63) is 106 Å². The Morgan fingerprint density at radius 1 is 0.946 bits per heavy atom. The first-order valence-electron chi connectivity index (χ1n) is 12.6. The van der Waals surface area contributed by atoms with Crippen LogP contribution in [0.25, 0.3) is 28.0 Å². The Morgan fingerprint density at radius 2 is 1.73 bits per heavy atom. The number of imidazole rings is 1. The van der Waals surface area contributed by atoms with Crippen LogP contribution in [0.1, 0.15) is 40.0 Å².